The summed E-state index contributed by atoms with van der Waals surface area (Å²) in [5.74, 6) is -0.00922. The minimum absolute atomic E-state index is 0.0181. The van der Waals surface area contributed by atoms with E-state index < -0.39 is 0 Å². The summed E-state index contributed by atoms with van der Waals surface area (Å²) in [4.78, 5) is 14.6. The van der Waals surface area contributed by atoms with Crippen molar-refractivity contribution in [2.24, 2.45) is 5.92 Å². The lowest BCUT2D eigenvalue weighted by atomic mass is 9.85. The number of fused-ring (bicyclic) bond motifs is 1. The standard InChI is InChI=1S/C18H22FN5O/c1-2-24-10-8-16(22-24)18(25)23-9-7-15-14(11-23)17(21-20-15)12-3-5-13(19)6-4-12/h3-6,8,10,14-15,17,20-21H,2,7,9,11H2,1H3. The van der Waals surface area contributed by atoms with E-state index in [4.69, 9.17) is 0 Å². The molecule has 2 aliphatic heterocycles. The number of aromatic nitrogens is 2. The van der Waals surface area contributed by atoms with E-state index in [2.05, 4.69) is 16.0 Å². The summed E-state index contributed by atoms with van der Waals surface area (Å²) < 4.78 is 15.0. The number of likely N-dealkylation sites (tertiary alicyclic amines) is 1. The van der Waals surface area contributed by atoms with E-state index in [0.29, 0.717) is 24.8 Å². The fraction of sp³-hybridized carbons (Fsp3) is 0.444. The Bertz CT molecular complexity index is 759. The molecule has 25 heavy (non-hydrogen) atoms. The number of nitrogens with zero attached hydrogens (tertiary/aromatic N) is 3. The van der Waals surface area contributed by atoms with E-state index in [9.17, 15) is 9.18 Å². The summed E-state index contributed by atoms with van der Waals surface area (Å²) in [6, 6.07) is 8.73. The fourth-order valence-corrected chi connectivity index (χ4v) is 3.80. The molecular formula is C18H22FN5O. The number of rotatable bonds is 3. The molecule has 2 fully saturated rings. The predicted molar refractivity (Wildman–Crippen MR) is 91.1 cm³/mol. The minimum atomic E-state index is -0.238. The van der Waals surface area contributed by atoms with Crippen LogP contribution in [0.25, 0.3) is 0 Å². The van der Waals surface area contributed by atoms with Crippen molar-refractivity contribution >= 4 is 5.91 Å². The van der Waals surface area contributed by atoms with Gasteiger partial charge >= 0.3 is 0 Å². The van der Waals surface area contributed by atoms with Gasteiger partial charge in [0.2, 0.25) is 0 Å². The van der Waals surface area contributed by atoms with Crippen LogP contribution in [0.3, 0.4) is 0 Å². The number of carbonyl (C=O) groups is 1. The maximum absolute atomic E-state index is 13.2. The molecule has 1 amide bonds. The number of amides is 1. The van der Waals surface area contributed by atoms with Crippen LogP contribution in [0.5, 0.6) is 0 Å². The second-order valence-electron chi connectivity index (χ2n) is 6.68. The smallest absolute Gasteiger partial charge is 0.274 e. The SMILES string of the molecule is CCn1ccc(C(=O)N2CCC3NNC(c4ccc(F)cc4)C3C2)n1. The molecule has 2 N–H and O–H groups in total. The fourth-order valence-electron chi connectivity index (χ4n) is 3.80. The summed E-state index contributed by atoms with van der Waals surface area (Å²) in [6.07, 6.45) is 2.72. The highest BCUT2D eigenvalue weighted by molar-refractivity contribution is 5.92. The zero-order valence-corrected chi connectivity index (χ0v) is 14.2. The molecule has 3 atom stereocenters. The molecule has 0 aliphatic carbocycles. The number of hydrogen-bond acceptors (Lipinski definition) is 4. The van der Waals surface area contributed by atoms with E-state index in [1.165, 1.54) is 12.1 Å². The number of halogens is 1. The molecule has 0 saturated carbocycles. The first-order valence-electron chi connectivity index (χ1n) is 8.75. The third-order valence-corrected chi connectivity index (χ3v) is 5.21. The predicted octanol–water partition coefficient (Wildman–Crippen LogP) is 1.72. The monoisotopic (exact) mass is 343 g/mol. The van der Waals surface area contributed by atoms with E-state index in [1.807, 2.05) is 18.0 Å². The van der Waals surface area contributed by atoms with Gasteiger partial charge in [0.15, 0.2) is 0 Å². The second-order valence-corrected chi connectivity index (χ2v) is 6.68. The Morgan fingerprint density at radius 1 is 1.28 bits per heavy atom. The molecule has 3 unspecified atom stereocenters. The van der Waals surface area contributed by atoms with Crippen molar-refractivity contribution in [3.8, 4) is 0 Å². The maximum Gasteiger partial charge on any atom is 0.274 e. The molecular weight excluding hydrogens is 321 g/mol. The van der Waals surface area contributed by atoms with Crippen LogP contribution in [0.1, 0.15) is 35.4 Å². The third kappa shape index (κ3) is 3.05. The largest absolute Gasteiger partial charge is 0.337 e. The average molecular weight is 343 g/mol. The van der Waals surface area contributed by atoms with Gasteiger partial charge in [-0.3, -0.25) is 14.9 Å². The zero-order chi connectivity index (χ0) is 17.4. The highest BCUT2D eigenvalue weighted by Gasteiger charge is 2.41. The normalized spacial score (nSPS) is 25.8. The van der Waals surface area contributed by atoms with Gasteiger partial charge in [0, 0.05) is 37.8 Å². The third-order valence-electron chi connectivity index (χ3n) is 5.21. The van der Waals surface area contributed by atoms with Gasteiger partial charge in [-0.2, -0.15) is 5.10 Å². The molecule has 2 aliphatic rings. The molecule has 0 spiro atoms. The summed E-state index contributed by atoms with van der Waals surface area (Å²) in [7, 11) is 0. The first-order chi connectivity index (χ1) is 12.2. The Morgan fingerprint density at radius 3 is 2.80 bits per heavy atom. The number of piperidine rings is 1. The molecule has 1 aromatic heterocycles. The number of carbonyl (C=O) groups excluding carboxylic acids is 1. The van der Waals surface area contributed by atoms with Crippen molar-refractivity contribution in [1.29, 1.82) is 0 Å². The Hall–Kier alpha value is -2.25. The summed E-state index contributed by atoms with van der Waals surface area (Å²) in [5, 5.41) is 4.33. The lowest BCUT2D eigenvalue weighted by Crippen LogP contribution is -2.48. The highest BCUT2D eigenvalue weighted by Crippen LogP contribution is 2.34. The van der Waals surface area contributed by atoms with Crippen LogP contribution in [0, 0.1) is 11.7 Å². The van der Waals surface area contributed by atoms with Crippen LogP contribution >= 0.6 is 0 Å². The Kier molecular flexibility index (Phi) is 4.27. The van der Waals surface area contributed by atoms with Gasteiger partial charge in [0.1, 0.15) is 11.5 Å². The minimum Gasteiger partial charge on any atom is -0.337 e. The summed E-state index contributed by atoms with van der Waals surface area (Å²) >= 11 is 0. The van der Waals surface area contributed by atoms with Crippen molar-refractivity contribution in [3.05, 3.63) is 53.6 Å². The molecule has 7 heteroatoms. The number of hydrazine groups is 1. The van der Waals surface area contributed by atoms with Gasteiger partial charge < -0.3 is 4.90 Å². The highest BCUT2D eigenvalue weighted by atomic mass is 19.1. The van der Waals surface area contributed by atoms with Crippen LogP contribution in [-0.4, -0.2) is 39.7 Å². The number of benzene rings is 1. The number of hydrogen-bond donors (Lipinski definition) is 2. The number of aryl methyl sites for hydroxylation is 1. The van der Waals surface area contributed by atoms with E-state index in [0.717, 1.165) is 18.5 Å². The van der Waals surface area contributed by atoms with Crippen molar-refractivity contribution in [3.63, 3.8) is 0 Å². The second kappa shape index (κ2) is 6.57. The van der Waals surface area contributed by atoms with Crippen molar-refractivity contribution in [1.82, 2.24) is 25.5 Å². The molecule has 6 nitrogen and oxygen atoms in total. The maximum atomic E-state index is 13.2. The molecule has 132 valence electrons. The van der Waals surface area contributed by atoms with Crippen molar-refractivity contribution < 1.29 is 9.18 Å². The molecule has 0 bridgehead atoms. The van der Waals surface area contributed by atoms with Crippen LogP contribution in [-0.2, 0) is 6.54 Å². The van der Waals surface area contributed by atoms with Crippen LogP contribution < -0.4 is 10.9 Å². The quantitative estimate of drug-likeness (QED) is 0.891. The molecule has 3 heterocycles. The van der Waals surface area contributed by atoms with Crippen LogP contribution in [0.2, 0.25) is 0 Å². The molecule has 4 rings (SSSR count). The van der Waals surface area contributed by atoms with Gasteiger partial charge in [0.05, 0.1) is 6.04 Å². The molecule has 2 aromatic rings. The average Bonchev–Trinajstić information content (AvgIpc) is 3.28. The van der Waals surface area contributed by atoms with E-state index >= 15 is 0 Å². The summed E-state index contributed by atoms with van der Waals surface area (Å²) in [6.45, 7) is 4.11. The molecule has 2 saturated heterocycles. The molecule has 0 radical (unpaired) electrons. The van der Waals surface area contributed by atoms with E-state index in [-0.39, 0.29) is 23.7 Å². The zero-order valence-electron chi connectivity index (χ0n) is 14.2. The number of nitrogens with one attached hydrogen (secondary N) is 2. The van der Waals surface area contributed by atoms with Crippen molar-refractivity contribution in [2.75, 3.05) is 13.1 Å². The Labute approximate surface area is 146 Å². The molecule has 1 aromatic carbocycles. The first kappa shape index (κ1) is 16.2. The summed E-state index contributed by atoms with van der Waals surface area (Å²) in [5.41, 5.74) is 8.18. The Morgan fingerprint density at radius 2 is 2.08 bits per heavy atom. The van der Waals surface area contributed by atoms with Gasteiger partial charge in [-0.15, -0.1) is 0 Å². The topological polar surface area (TPSA) is 62.2 Å². The Balaban J connectivity index is 1.51. The van der Waals surface area contributed by atoms with Crippen LogP contribution in [0.4, 0.5) is 4.39 Å². The van der Waals surface area contributed by atoms with Gasteiger partial charge in [0.25, 0.3) is 5.91 Å². The lowest BCUT2D eigenvalue weighted by Gasteiger charge is -2.35. The van der Waals surface area contributed by atoms with Crippen molar-refractivity contribution in [2.45, 2.75) is 32.0 Å². The van der Waals surface area contributed by atoms with Gasteiger partial charge in [-0.25, -0.2) is 9.82 Å². The van der Waals surface area contributed by atoms with Gasteiger partial charge in [-0.1, -0.05) is 12.1 Å². The van der Waals surface area contributed by atoms with Gasteiger partial charge in [-0.05, 0) is 37.1 Å². The van der Waals surface area contributed by atoms with Crippen LogP contribution in [0.15, 0.2) is 36.5 Å². The van der Waals surface area contributed by atoms with E-state index in [1.54, 1.807) is 22.9 Å². The first-order valence-corrected chi connectivity index (χ1v) is 8.75. The lowest BCUT2D eigenvalue weighted by molar-refractivity contribution is 0.0645.